The summed E-state index contributed by atoms with van der Waals surface area (Å²) in [5.74, 6) is 0.964. The van der Waals surface area contributed by atoms with Crippen molar-refractivity contribution in [2.75, 3.05) is 6.61 Å². The van der Waals surface area contributed by atoms with Gasteiger partial charge in [-0.25, -0.2) is 0 Å². The van der Waals surface area contributed by atoms with Gasteiger partial charge in [-0.1, -0.05) is 6.07 Å². The first-order valence-corrected chi connectivity index (χ1v) is 7.89. The van der Waals surface area contributed by atoms with Gasteiger partial charge in [0.15, 0.2) is 0 Å². The lowest BCUT2D eigenvalue weighted by Crippen LogP contribution is -1.96. The van der Waals surface area contributed by atoms with E-state index in [0.717, 1.165) is 16.8 Å². The Bertz CT molecular complexity index is 701. The van der Waals surface area contributed by atoms with Crippen LogP contribution in [0.4, 0.5) is 0 Å². The predicted molar refractivity (Wildman–Crippen MR) is 84.2 cm³/mol. The molecule has 0 aliphatic rings. The fourth-order valence-corrected chi connectivity index (χ4v) is 3.67. The molecule has 0 bridgehead atoms. The molecule has 4 heteroatoms. The van der Waals surface area contributed by atoms with E-state index in [0.29, 0.717) is 6.61 Å². The molecule has 2 heterocycles. The van der Waals surface area contributed by atoms with E-state index in [1.54, 1.807) is 11.3 Å². The molecule has 0 fully saturated rings. The first-order chi connectivity index (χ1) is 9.28. The summed E-state index contributed by atoms with van der Waals surface area (Å²) in [5, 5.41) is 3.30. The van der Waals surface area contributed by atoms with Crippen LogP contribution < -0.4 is 4.74 Å². The molecule has 0 saturated carbocycles. The number of halogens is 1. The van der Waals surface area contributed by atoms with E-state index in [9.17, 15) is 0 Å². The summed E-state index contributed by atoms with van der Waals surface area (Å²) in [7, 11) is 0. The molecule has 0 spiro atoms. The smallest absolute Gasteiger partial charge is 0.128 e. The Morgan fingerprint density at radius 3 is 2.95 bits per heavy atom. The maximum absolute atomic E-state index is 5.67. The molecule has 0 N–H and O–H groups in total. The van der Waals surface area contributed by atoms with Crippen LogP contribution in [0.5, 0.6) is 5.75 Å². The van der Waals surface area contributed by atoms with Crippen molar-refractivity contribution in [3.63, 3.8) is 0 Å². The number of ether oxygens (including phenoxy) is 1. The van der Waals surface area contributed by atoms with Gasteiger partial charge in [0.05, 0.1) is 18.7 Å². The van der Waals surface area contributed by atoms with Crippen molar-refractivity contribution in [1.29, 1.82) is 0 Å². The Hall–Kier alpha value is -1.26. The summed E-state index contributed by atoms with van der Waals surface area (Å²) in [6.45, 7) is 3.61. The molecule has 2 aromatic heterocycles. The summed E-state index contributed by atoms with van der Waals surface area (Å²) < 4.78 is 9.08. The Labute approximate surface area is 124 Å². The van der Waals surface area contributed by atoms with E-state index in [1.807, 2.05) is 19.1 Å². The van der Waals surface area contributed by atoms with Crippen LogP contribution in [-0.2, 0) is 6.54 Å². The number of hydrogen-bond acceptors (Lipinski definition) is 2. The van der Waals surface area contributed by atoms with Gasteiger partial charge < -0.3 is 9.30 Å². The van der Waals surface area contributed by atoms with Crippen LogP contribution in [0.25, 0.3) is 10.9 Å². The van der Waals surface area contributed by atoms with Crippen molar-refractivity contribution >= 4 is 38.2 Å². The summed E-state index contributed by atoms with van der Waals surface area (Å²) in [4.78, 5) is 1.34. The van der Waals surface area contributed by atoms with Crippen molar-refractivity contribution in [2.24, 2.45) is 0 Å². The Morgan fingerprint density at radius 1 is 1.32 bits per heavy atom. The van der Waals surface area contributed by atoms with Gasteiger partial charge in [-0.2, -0.15) is 0 Å². The van der Waals surface area contributed by atoms with Gasteiger partial charge in [-0.15, -0.1) is 11.3 Å². The number of aromatic nitrogens is 1. The predicted octanol–water partition coefficient (Wildman–Crippen LogP) is 4.91. The molecule has 0 saturated heterocycles. The topological polar surface area (TPSA) is 14.2 Å². The Kier molecular flexibility index (Phi) is 3.62. The highest BCUT2D eigenvalue weighted by Gasteiger charge is 2.07. The van der Waals surface area contributed by atoms with Gasteiger partial charge in [0.25, 0.3) is 0 Å². The molecule has 3 rings (SSSR count). The van der Waals surface area contributed by atoms with Crippen molar-refractivity contribution in [2.45, 2.75) is 13.5 Å². The molecule has 0 aliphatic carbocycles. The maximum atomic E-state index is 5.67. The first kappa shape index (κ1) is 12.8. The summed E-state index contributed by atoms with van der Waals surface area (Å²) in [6, 6.07) is 10.5. The van der Waals surface area contributed by atoms with Gasteiger partial charge in [-0.3, -0.25) is 0 Å². The largest absolute Gasteiger partial charge is 0.493 e. The van der Waals surface area contributed by atoms with E-state index in [2.05, 4.69) is 50.3 Å². The van der Waals surface area contributed by atoms with E-state index in [1.165, 1.54) is 15.8 Å². The molecular weight excluding hydrogens is 322 g/mol. The standard InChI is InChI=1S/C15H14BrNOS/c1-2-18-15-5-3-4-14-13(15)6-7-17(14)9-12-8-11(16)10-19-12/h3-8,10H,2,9H2,1H3. The monoisotopic (exact) mass is 335 g/mol. The third-order valence-electron chi connectivity index (χ3n) is 3.02. The third-order valence-corrected chi connectivity index (χ3v) is 4.70. The Balaban J connectivity index is 1.98. The molecule has 19 heavy (non-hydrogen) atoms. The second kappa shape index (κ2) is 5.39. The van der Waals surface area contributed by atoms with Crippen molar-refractivity contribution in [3.8, 4) is 5.75 Å². The SMILES string of the molecule is CCOc1cccc2c1ccn2Cc1cc(Br)cs1. The van der Waals surface area contributed by atoms with Gasteiger partial charge in [-0.05, 0) is 47.1 Å². The molecular formula is C15H14BrNOS. The van der Waals surface area contributed by atoms with Gasteiger partial charge >= 0.3 is 0 Å². The second-order valence-electron chi connectivity index (χ2n) is 4.30. The number of hydrogen-bond donors (Lipinski definition) is 0. The molecule has 3 aromatic rings. The van der Waals surface area contributed by atoms with Gasteiger partial charge in [0.1, 0.15) is 5.75 Å². The minimum absolute atomic E-state index is 0.697. The first-order valence-electron chi connectivity index (χ1n) is 6.21. The van der Waals surface area contributed by atoms with Crippen LogP contribution in [0, 0.1) is 0 Å². The summed E-state index contributed by atoms with van der Waals surface area (Å²) >= 11 is 5.27. The van der Waals surface area contributed by atoms with Crippen LogP contribution in [-0.4, -0.2) is 11.2 Å². The lowest BCUT2D eigenvalue weighted by atomic mass is 10.2. The Morgan fingerprint density at radius 2 is 2.21 bits per heavy atom. The van der Waals surface area contributed by atoms with E-state index in [4.69, 9.17) is 4.74 Å². The quantitative estimate of drug-likeness (QED) is 0.660. The van der Waals surface area contributed by atoms with Crippen LogP contribution in [0.1, 0.15) is 11.8 Å². The molecule has 1 aromatic carbocycles. The highest BCUT2D eigenvalue weighted by atomic mass is 79.9. The maximum Gasteiger partial charge on any atom is 0.128 e. The lowest BCUT2D eigenvalue weighted by Gasteiger charge is -2.06. The van der Waals surface area contributed by atoms with Crippen molar-refractivity contribution in [3.05, 3.63) is 51.3 Å². The van der Waals surface area contributed by atoms with Crippen LogP contribution in [0.15, 0.2) is 46.4 Å². The van der Waals surface area contributed by atoms with Gasteiger partial charge in [0, 0.05) is 26.3 Å². The van der Waals surface area contributed by atoms with E-state index < -0.39 is 0 Å². The normalized spacial score (nSPS) is 11.1. The lowest BCUT2D eigenvalue weighted by molar-refractivity contribution is 0.344. The van der Waals surface area contributed by atoms with Crippen LogP contribution in [0.2, 0.25) is 0 Å². The molecule has 0 unspecified atom stereocenters. The number of thiophene rings is 1. The van der Waals surface area contributed by atoms with E-state index >= 15 is 0 Å². The molecule has 0 amide bonds. The molecule has 2 nitrogen and oxygen atoms in total. The third kappa shape index (κ3) is 2.55. The summed E-state index contributed by atoms with van der Waals surface area (Å²) in [5.41, 5.74) is 1.22. The van der Waals surface area contributed by atoms with Crippen LogP contribution in [0.3, 0.4) is 0 Å². The zero-order chi connectivity index (χ0) is 13.2. The molecule has 0 aliphatic heterocycles. The number of benzene rings is 1. The fourth-order valence-electron chi connectivity index (χ4n) is 2.22. The molecule has 0 radical (unpaired) electrons. The van der Waals surface area contributed by atoms with Gasteiger partial charge in [0.2, 0.25) is 0 Å². The zero-order valence-corrected chi connectivity index (χ0v) is 13.0. The van der Waals surface area contributed by atoms with Crippen LogP contribution >= 0.6 is 27.3 Å². The average Bonchev–Trinajstić information content (AvgIpc) is 2.99. The highest BCUT2D eigenvalue weighted by Crippen LogP contribution is 2.28. The number of nitrogens with zero attached hydrogens (tertiary/aromatic N) is 1. The minimum atomic E-state index is 0.697. The van der Waals surface area contributed by atoms with E-state index in [-0.39, 0.29) is 0 Å². The van der Waals surface area contributed by atoms with Crippen molar-refractivity contribution < 1.29 is 4.74 Å². The molecule has 98 valence electrons. The summed E-state index contributed by atoms with van der Waals surface area (Å²) in [6.07, 6.45) is 2.13. The number of fused-ring (bicyclic) bond motifs is 1. The number of rotatable bonds is 4. The van der Waals surface area contributed by atoms with Crippen molar-refractivity contribution in [1.82, 2.24) is 4.57 Å². The second-order valence-corrected chi connectivity index (χ2v) is 6.21. The molecule has 0 atom stereocenters. The fraction of sp³-hybridized carbons (Fsp3) is 0.200. The highest BCUT2D eigenvalue weighted by molar-refractivity contribution is 9.10. The zero-order valence-electron chi connectivity index (χ0n) is 10.6. The average molecular weight is 336 g/mol. The minimum Gasteiger partial charge on any atom is -0.493 e.